The van der Waals surface area contributed by atoms with E-state index in [4.69, 9.17) is 4.52 Å². The quantitative estimate of drug-likeness (QED) is 0.807. The van der Waals surface area contributed by atoms with Crippen LogP contribution < -0.4 is 9.61 Å². The van der Waals surface area contributed by atoms with E-state index < -0.39 is 6.72 Å². The van der Waals surface area contributed by atoms with Gasteiger partial charge in [0.25, 0.3) is 0 Å². The van der Waals surface area contributed by atoms with Crippen LogP contribution in [-0.2, 0) is 4.57 Å². The lowest BCUT2D eigenvalue weighted by atomic mass is 10.2. The van der Waals surface area contributed by atoms with Crippen LogP contribution in [0.1, 0.15) is 5.56 Å². The second-order valence-electron chi connectivity index (χ2n) is 4.10. The van der Waals surface area contributed by atoms with E-state index in [9.17, 15) is 4.57 Å². The summed E-state index contributed by atoms with van der Waals surface area (Å²) in [5, 5.41) is 3.00. The van der Waals surface area contributed by atoms with Crippen molar-refractivity contribution in [3.8, 4) is 5.75 Å². The molecule has 0 saturated heterocycles. The lowest BCUT2D eigenvalue weighted by molar-refractivity contribution is 0.505. The first-order valence-corrected chi connectivity index (χ1v) is 8.62. The van der Waals surface area contributed by atoms with Crippen LogP contribution in [0.3, 0.4) is 0 Å². The SMILES string of the molecule is Cc1ccc2c(c1)NP(=O)(Oc1ccccc1)S2. The lowest BCUT2D eigenvalue weighted by Crippen LogP contribution is -1.95. The first kappa shape index (κ1) is 11.7. The number of benzene rings is 2. The molecule has 2 aromatic rings. The number of aryl methyl sites for hydroxylation is 1. The van der Waals surface area contributed by atoms with Crippen molar-refractivity contribution < 1.29 is 9.09 Å². The van der Waals surface area contributed by atoms with Crippen LogP contribution in [0, 0.1) is 6.92 Å². The van der Waals surface area contributed by atoms with Crippen molar-refractivity contribution in [3.05, 3.63) is 54.1 Å². The number of para-hydroxylation sites is 1. The average Bonchev–Trinajstić information content (AvgIpc) is 2.65. The number of rotatable bonds is 2. The second-order valence-corrected chi connectivity index (χ2v) is 8.12. The Morgan fingerprint density at radius 2 is 1.94 bits per heavy atom. The van der Waals surface area contributed by atoms with E-state index >= 15 is 0 Å². The molecule has 0 amide bonds. The molecule has 1 atom stereocenters. The Labute approximate surface area is 110 Å². The van der Waals surface area contributed by atoms with Gasteiger partial charge in [-0.1, -0.05) is 24.3 Å². The molecule has 92 valence electrons. The van der Waals surface area contributed by atoms with Crippen molar-refractivity contribution in [2.45, 2.75) is 11.8 Å². The molecule has 1 aliphatic rings. The average molecular weight is 277 g/mol. The highest BCUT2D eigenvalue weighted by Gasteiger charge is 2.35. The van der Waals surface area contributed by atoms with Crippen LogP contribution in [-0.4, -0.2) is 0 Å². The summed E-state index contributed by atoms with van der Waals surface area (Å²) in [6, 6.07) is 15.2. The third-order valence-corrected chi connectivity index (χ3v) is 6.15. The van der Waals surface area contributed by atoms with Gasteiger partial charge in [0.2, 0.25) is 0 Å². The molecule has 1 N–H and O–H groups in total. The van der Waals surface area contributed by atoms with Gasteiger partial charge in [0.15, 0.2) is 0 Å². The molecule has 0 saturated carbocycles. The molecule has 0 spiro atoms. The maximum Gasteiger partial charge on any atom is 0.404 e. The molecular weight excluding hydrogens is 265 g/mol. The van der Waals surface area contributed by atoms with E-state index in [-0.39, 0.29) is 0 Å². The summed E-state index contributed by atoms with van der Waals surface area (Å²) in [6.45, 7) is -0.919. The van der Waals surface area contributed by atoms with Gasteiger partial charge in [0, 0.05) is 16.3 Å². The van der Waals surface area contributed by atoms with Gasteiger partial charge in [-0.05, 0) is 36.8 Å². The first-order chi connectivity index (χ1) is 8.65. The number of hydrogen-bond acceptors (Lipinski definition) is 3. The minimum atomic E-state index is -2.93. The highest BCUT2D eigenvalue weighted by Crippen LogP contribution is 2.68. The number of hydrogen-bond donors (Lipinski definition) is 1. The van der Waals surface area contributed by atoms with Crippen molar-refractivity contribution in [2.75, 3.05) is 5.09 Å². The molecule has 3 rings (SSSR count). The monoisotopic (exact) mass is 277 g/mol. The third kappa shape index (κ3) is 2.26. The summed E-state index contributed by atoms with van der Waals surface area (Å²) in [4.78, 5) is 0.972. The molecule has 0 fully saturated rings. The normalized spacial score (nSPS) is 21.2. The van der Waals surface area contributed by atoms with Crippen molar-refractivity contribution in [3.63, 3.8) is 0 Å². The summed E-state index contributed by atoms with van der Waals surface area (Å²) in [7, 11) is 0. The van der Waals surface area contributed by atoms with Crippen LogP contribution in [0.15, 0.2) is 53.4 Å². The van der Waals surface area contributed by atoms with Gasteiger partial charge >= 0.3 is 6.72 Å². The third-order valence-electron chi connectivity index (χ3n) is 2.58. The molecule has 1 unspecified atom stereocenters. The van der Waals surface area contributed by atoms with E-state index in [1.54, 1.807) is 12.1 Å². The topological polar surface area (TPSA) is 38.3 Å². The predicted molar refractivity (Wildman–Crippen MR) is 75.3 cm³/mol. The van der Waals surface area contributed by atoms with Crippen LogP contribution >= 0.6 is 18.1 Å². The molecule has 0 radical (unpaired) electrons. The Bertz CT molecular complexity index is 630. The fraction of sp³-hybridized carbons (Fsp3) is 0.0769. The van der Waals surface area contributed by atoms with E-state index in [1.165, 1.54) is 11.4 Å². The van der Waals surface area contributed by atoms with Gasteiger partial charge in [-0.15, -0.1) is 0 Å². The van der Waals surface area contributed by atoms with Gasteiger partial charge < -0.3 is 4.52 Å². The first-order valence-electron chi connectivity index (χ1n) is 5.58. The molecular formula is C13H12NO2PS. The zero-order valence-corrected chi connectivity index (χ0v) is 11.5. The number of fused-ring (bicyclic) bond motifs is 1. The van der Waals surface area contributed by atoms with Crippen LogP contribution in [0.25, 0.3) is 0 Å². The summed E-state index contributed by atoms with van der Waals surface area (Å²) in [5.74, 6) is 0.616. The summed E-state index contributed by atoms with van der Waals surface area (Å²) >= 11 is 1.26. The van der Waals surface area contributed by atoms with Crippen LogP contribution in [0.5, 0.6) is 5.75 Å². The Hall–Kier alpha value is -1.38. The molecule has 0 bridgehead atoms. The van der Waals surface area contributed by atoms with E-state index in [1.807, 2.05) is 43.3 Å². The van der Waals surface area contributed by atoms with E-state index in [0.717, 1.165) is 16.1 Å². The smallest absolute Gasteiger partial charge is 0.404 e. The zero-order valence-electron chi connectivity index (χ0n) is 9.79. The Balaban J connectivity index is 1.86. The van der Waals surface area contributed by atoms with E-state index in [2.05, 4.69) is 5.09 Å². The van der Waals surface area contributed by atoms with Crippen molar-refractivity contribution in [2.24, 2.45) is 0 Å². The predicted octanol–water partition coefficient (Wildman–Crippen LogP) is 4.70. The summed E-state index contributed by atoms with van der Waals surface area (Å²) in [5.41, 5.74) is 2.02. The molecule has 2 aromatic carbocycles. The molecule has 1 heterocycles. The molecule has 5 heteroatoms. The number of anilines is 1. The number of nitrogens with one attached hydrogen (secondary N) is 1. The minimum Gasteiger partial charge on any atom is -0.422 e. The van der Waals surface area contributed by atoms with Gasteiger partial charge in [0.1, 0.15) is 5.75 Å². The Morgan fingerprint density at radius 1 is 1.17 bits per heavy atom. The molecule has 0 aliphatic carbocycles. The van der Waals surface area contributed by atoms with E-state index in [0.29, 0.717) is 5.75 Å². The van der Waals surface area contributed by atoms with Crippen molar-refractivity contribution in [1.29, 1.82) is 0 Å². The zero-order chi connectivity index (χ0) is 12.6. The molecule has 18 heavy (non-hydrogen) atoms. The highest BCUT2D eigenvalue weighted by molar-refractivity contribution is 8.57. The fourth-order valence-electron chi connectivity index (χ4n) is 1.77. The minimum absolute atomic E-state index is 0.616. The van der Waals surface area contributed by atoms with Gasteiger partial charge in [-0.25, -0.2) is 4.57 Å². The summed E-state index contributed by atoms with van der Waals surface area (Å²) in [6.07, 6.45) is 0. The molecule has 3 nitrogen and oxygen atoms in total. The largest absolute Gasteiger partial charge is 0.422 e. The maximum atomic E-state index is 12.6. The summed E-state index contributed by atoms with van der Waals surface area (Å²) < 4.78 is 18.2. The van der Waals surface area contributed by atoms with Crippen molar-refractivity contribution >= 4 is 23.8 Å². The van der Waals surface area contributed by atoms with Crippen LogP contribution in [0.4, 0.5) is 5.69 Å². The second kappa shape index (κ2) is 4.38. The molecule has 0 aromatic heterocycles. The Morgan fingerprint density at radius 3 is 2.72 bits per heavy atom. The maximum absolute atomic E-state index is 12.6. The van der Waals surface area contributed by atoms with Crippen molar-refractivity contribution in [1.82, 2.24) is 0 Å². The standard InChI is InChI=1S/C13H12NO2PS/c1-10-7-8-13-12(9-10)14-17(15,18-13)16-11-5-3-2-4-6-11/h2-9H,1H3,(H,14,15). The molecule has 1 aliphatic heterocycles. The van der Waals surface area contributed by atoms with Gasteiger partial charge in [-0.3, -0.25) is 5.09 Å². The van der Waals surface area contributed by atoms with Gasteiger partial charge in [0.05, 0.1) is 5.69 Å². The van der Waals surface area contributed by atoms with Crippen LogP contribution in [0.2, 0.25) is 0 Å². The fourth-order valence-corrected chi connectivity index (χ4v) is 5.51. The Kier molecular flexibility index (Phi) is 2.84. The lowest BCUT2D eigenvalue weighted by Gasteiger charge is -2.12. The highest BCUT2D eigenvalue weighted by atomic mass is 32.7. The van der Waals surface area contributed by atoms with Gasteiger partial charge in [-0.2, -0.15) is 0 Å².